The number of benzene rings is 2. The normalized spacial score (nSPS) is 10.4. The quantitative estimate of drug-likeness (QED) is 0.419. The molecule has 0 aliphatic carbocycles. The zero-order chi connectivity index (χ0) is 19.2. The highest BCUT2D eigenvalue weighted by molar-refractivity contribution is 7.12. The number of Topliss-reactive ketones (excluding diaryl/α,β-unsaturated/α-hetero) is 1. The molecule has 4 nitrogen and oxygen atoms in total. The summed E-state index contributed by atoms with van der Waals surface area (Å²) in [6, 6.07) is 16.6. The predicted molar refractivity (Wildman–Crippen MR) is 107 cm³/mol. The molecule has 0 atom stereocenters. The molecule has 0 aliphatic heterocycles. The fourth-order valence-electron chi connectivity index (χ4n) is 2.61. The Kier molecular flexibility index (Phi) is 6.04. The largest absolute Gasteiger partial charge is 0.494 e. The summed E-state index contributed by atoms with van der Waals surface area (Å²) in [6.45, 7) is 4.18. The number of esters is 1. The average molecular weight is 380 g/mol. The van der Waals surface area contributed by atoms with Crippen molar-refractivity contribution >= 4 is 23.1 Å². The fourth-order valence-corrected chi connectivity index (χ4v) is 3.42. The Labute approximate surface area is 162 Å². The fraction of sp³-hybridized carbons (Fsp3) is 0.182. The first-order valence-electron chi connectivity index (χ1n) is 8.66. The van der Waals surface area contributed by atoms with Crippen LogP contribution in [-0.2, 0) is 4.74 Å². The van der Waals surface area contributed by atoms with Gasteiger partial charge in [-0.15, -0.1) is 11.3 Å². The van der Waals surface area contributed by atoms with E-state index in [0.29, 0.717) is 22.8 Å². The van der Waals surface area contributed by atoms with E-state index in [1.54, 1.807) is 24.3 Å². The van der Waals surface area contributed by atoms with E-state index in [1.165, 1.54) is 11.3 Å². The molecule has 0 fully saturated rings. The Bertz CT molecular complexity index is 924. The van der Waals surface area contributed by atoms with Crippen LogP contribution in [-0.4, -0.2) is 25.0 Å². The van der Waals surface area contributed by atoms with Gasteiger partial charge in [-0.1, -0.05) is 29.8 Å². The lowest BCUT2D eigenvalue weighted by Crippen LogP contribution is -2.14. The summed E-state index contributed by atoms with van der Waals surface area (Å²) in [6.07, 6.45) is 0. The molecule has 0 radical (unpaired) electrons. The van der Waals surface area contributed by atoms with Crippen LogP contribution in [0, 0.1) is 6.92 Å². The highest BCUT2D eigenvalue weighted by Crippen LogP contribution is 2.29. The van der Waals surface area contributed by atoms with E-state index in [9.17, 15) is 9.59 Å². The van der Waals surface area contributed by atoms with Crippen LogP contribution >= 0.6 is 11.3 Å². The minimum atomic E-state index is -0.486. The molecule has 138 valence electrons. The van der Waals surface area contributed by atoms with Crippen molar-refractivity contribution in [1.82, 2.24) is 0 Å². The first-order valence-corrected chi connectivity index (χ1v) is 9.54. The molecule has 27 heavy (non-hydrogen) atoms. The van der Waals surface area contributed by atoms with Crippen LogP contribution in [0.25, 0.3) is 11.1 Å². The van der Waals surface area contributed by atoms with E-state index in [4.69, 9.17) is 9.47 Å². The van der Waals surface area contributed by atoms with Gasteiger partial charge in [0.1, 0.15) is 10.6 Å². The van der Waals surface area contributed by atoms with Gasteiger partial charge in [0.05, 0.1) is 6.61 Å². The molecular weight excluding hydrogens is 360 g/mol. The van der Waals surface area contributed by atoms with Crippen LogP contribution in [0.5, 0.6) is 5.75 Å². The van der Waals surface area contributed by atoms with E-state index in [-0.39, 0.29) is 12.4 Å². The van der Waals surface area contributed by atoms with Crippen molar-refractivity contribution in [2.45, 2.75) is 13.8 Å². The van der Waals surface area contributed by atoms with Crippen molar-refractivity contribution in [3.8, 4) is 16.9 Å². The molecule has 5 heteroatoms. The summed E-state index contributed by atoms with van der Waals surface area (Å²) in [5.41, 5.74) is 3.40. The number of ether oxygens (including phenoxy) is 2. The Morgan fingerprint density at radius 2 is 1.67 bits per heavy atom. The summed E-state index contributed by atoms with van der Waals surface area (Å²) >= 11 is 1.31. The molecule has 1 aromatic heterocycles. The van der Waals surface area contributed by atoms with Gasteiger partial charge >= 0.3 is 5.97 Å². The number of hydrogen-bond donors (Lipinski definition) is 0. The molecule has 0 saturated heterocycles. The smallest absolute Gasteiger partial charge is 0.349 e. The predicted octanol–water partition coefficient (Wildman–Crippen LogP) is 5.16. The molecule has 3 rings (SSSR count). The van der Waals surface area contributed by atoms with E-state index in [0.717, 1.165) is 16.7 Å². The lowest BCUT2D eigenvalue weighted by Gasteiger charge is -2.07. The Morgan fingerprint density at radius 3 is 2.33 bits per heavy atom. The lowest BCUT2D eigenvalue weighted by atomic mass is 10.1. The maximum Gasteiger partial charge on any atom is 0.349 e. The van der Waals surface area contributed by atoms with Gasteiger partial charge in [0.25, 0.3) is 0 Å². The molecule has 0 N–H and O–H groups in total. The van der Waals surface area contributed by atoms with Gasteiger partial charge in [-0.25, -0.2) is 4.79 Å². The number of aryl methyl sites for hydroxylation is 1. The highest BCUT2D eigenvalue weighted by atomic mass is 32.1. The number of rotatable bonds is 7. The SMILES string of the molecule is CCOc1ccc(C(=O)COC(=O)c2sccc2-c2ccc(C)cc2)cc1. The van der Waals surface area contributed by atoms with Crippen molar-refractivity contribution in [3.05, 3.63) is 76.0 Å². The highest BCUT2D eigenvalue weighted by Gasteiger charge is 2.18. The van der Waals surface area contributed by atoms with E-state index in [1.807, 2.05) is 49.6 Å². The van der Waals surface area contributed by atoms with Crippen LogP contribution in [0.4, 0.5) is 0 Å². The van der Waals surface area contributed by atoms with Gasteiger partial charge in [-0.05, 0) is 55.1 Å². The van der Waals surface area contributed by atoms with Gasteiger partial charge in [0, 0.05) is 11.1 Å². The Balaban J connectivity index is 1.65. The molecule has 0 amide bonds. The van der Waals surface area contributed by atoms with E-state index >= 15 is 0 Å². The second kappa shape index (κ2) is 8.64. The number of ketones is 1. The monoisotopic (exact) mass is 380 g/mol. The minimum Gasteiger partial charge on any atom is -0.494 e. The molecular formula is C22H20O4S. The van der Waals surface area contributed by atoms with Crippen LogP contribution in [0.1, 0.15) is 32.5 Å². The van der Waals surface area contributed by atoms with E-state index in [2.05, 4.69) is 0 Å². The van der Waals surface area contributed by atoms with E-state index < -0.39 is 5.97 Å². The maximum absolute atomic E-state index is 12.5. The van der Waals surface area contributed by atoms with Crippen LogP contribution in [0.15, 0.2) is 60.0 Å². The summed E-state index contributed by atoms with van der Waals surface area (Å²) < 4.78 is 10.6. The molecule has 0 spiro atoms. The second-order valence-corrected chi connectivity index (χ2v) is 6.90. The standard InChI is InChI=1S/C22H20O4S/c1-3-25-18-10-8-17(9-11-18)20(23)14-26-22(24)21-19(12-13-27-21)16-6-4-15(2)5-7-16/h4-13H,3,14H2,1-2H3. The molecule has 1 heterocycles. The molecule has 0 aliphatic rings. The minimum absolute atomic E-state index is 0.250. The summed E-state index contributed by atoms with van der Waals surface area (Å²) in [5.74, 6) is -0.0351. The zero-order valence-corrected chi connectivity index (χ0v) is 16.0. The third-order valence-corrected chi connectivity index (χ3v) is 4.93. The van der Waals surface area contributed by atoms with Crippen LogP contribution in [0.3, 0.4) is 0 Å². The van der Waals surface area contributed by atoms with Gasteiger partial charge in [-0.2, -0.15) is 0 Å². The summed E-state index contributed by atoms with van der Waals surface area (Å²) in [4.78, 5) is 25.2. The van der Waals surface area contributed by atoms with Gasteiger partial charge < -0.3 is 9.47 Å². The van der Waals surface area contributed by atoms with Crippen molar-refractivity contribution in [3.63, 3.8) is 0 Å². The third-order valence-electron chi connectivity index (χ3n) is 4.03. The topological polar surface area (TPSA) is 52.6 Å². The van der Waals surface area contributed by atoms with Gasteiger partial charge in [0.15, 0.2) is 12.4 Å². The van der Waals surface area contributed by atoms with Crippen LogP contribution < -0.4 is 4.74 Å². The zero-order valence-electron chi connectivity index (χ0n) is 15.2. The van der Waals surface area contributed by atoms with Crippen molar-refractivity contribution in [2.24, 2.45) is 0 Å². The van der Waals surface area contributed by atoms with Gasteiger partial charge in [0.2, 0.25) is 0 Å². The summed E-state index contributed by atoms with van der Waals surface area (Å²) in [5, 5.41) is 1.85. The van der Waals surface area contributed by atoms with Crippen LogP contribution in [0.2, 0.25) is 0 Å². The Morgan fingerprint density at radius 1 is 0.963 bits per heavy atom. The molecule has 0 bridgehead atoms. The summed E-state index contributed by atoms with van der Waals surface area (Å²) in [7, 11) is 0. The Hall–Kier alpha value is -2.92. The lowest BCUT2D eigenvalue weighted by molar-refractivity contribution is 0.0480. The average Bonchev–Trinajstić information content (AvgIpc) is 3.17. The number of carbonyl (C=O) groups excluding carboxylic acids is 2. The number of carbonyl (C=O) groups is 2. The number of thiophene rings is 1. The van der Waals surface area contributed by atoms with Crippen molar-refractivity contribution in [2.75, 3.05) is 13.2 Å². The molecule has 3 aromatic rings. The first-order chi connectivity index (χ1) is 13.1. The van der Waals surface area contributed by atoms with Crippen molar-refractivity contribution in [1.29, 1.82) is 0 Å². The van der Waals surface area contributed by atoms with Crippen molar-refractivity contribution < 1.29 is 19.1 Å². The maximum atomic E-state index is 12.5. The molecule has 2 aromatic carbocycles. The third kappa shape index (κ3) is 4.63. The molecule has 0 saturated carbocycles. The number of hydrogen-bond acceptors (Lipinski definition) is 5. The first kappa shape index (κ1) is 18.9. The van der Waals surface area contributed by atoms with Gasteiger partial charge in [-0.3, -0.25) is 4.79 Å². The second-order valence-electron chi connectivity index (χ2n) is 5.99. The molecule has 0 unspecified atom stereocenters.